The molecule has 0 bridgehead atoms. The quantitative estimate of drug-likeness (QED) is 0.831. The molecule has 1 atom stereocenters. The minimum atomic E-state index is 0.0520. The van der Waals surface area contributed by atoms with Crippen molar-refractivity contribution in [1.82, 2.24) is 0 Å². The molecular weight excluding hydrogens is 222 g/mol. The fourth-order valence-electron chi connectivity index (χ4n) is 1.76. The first-order valence-electron chi connectivity index (χ1n) is 5.39. The second-order valence-electron chi connectivity index (χ2n) is 3.94. The van der Waals surface area contributed by atoms with Gasteiger partial charge in [-0.1, -0.05) is 6.07 Å². The number of anilines is 1. The van der Waals surface area contributed by atoms with Crippen LogP contribution in [0.15, 0.2) is 18.2 Å². The van der Waals surface area contributed by atoms with Crippen LogP contribution in [0.3, 0.4) is 0 Å². The molecule has 1 amide bonds. The SMILES string of the molecule is Cc1c(O)cccc1NC(=O)C1CCCS1. The third-order valence-electron chi connectivity index (χ3n) is 2.79. The number of phenols is 1. The average Bonchev–Trinajstić information content (AvgIpc) is 2.78. The number of hydrogen-bond donors (Lipinski definition) is 2. The summed E-state index contributed by atoms with van der Waals surface area (Å²) in [5.74, 6) is 1.34. The first-order chi connectivity index (χ1) is 7.68. The summed E-state index contributed by atoms with van der Waals surface area (Å²) in [6, 6.07) is 5.17. The summed E-state index contributed by atoms with van der Waals surface area (Å²) in [5, 5.41) is 12.5. The van der Waals surface area contributed by atoms with E-state index in [2.05, 4.69) is 5.32 Å². The van der Waals surface area contributed by atoms with E-state index in [0.29, 0.717) is 5.69 Å². The Balaban J connectivity index is 2.08. The molecule has 4 heteroatoms. The summed E-state index contributed by atoms with van der Waals surface area (Å²) >= 11 is 1.71. The molecule has 1 saturated heterocycles. The molecule has 1 aromatic rings. The molecular formula is C12H15NO2S. The van der Waals surface area contributed by atoms with Crippen LogP contribution in [0.1, 0.15) is 18.4 Å². The van der Waals surface area contributed by atoms with Gasteiger partial charge in [0.05, 0.1) is 5.25 Å². The summed E-state index contributed by atoms with van der Waals surface area (Å²) in [4.78, 5) is 11.9. The summed E-state index contributed by atoms with van der Waals surface area (Å²) < 4.78 is 0. The molecule has 0 aliphatic carbocycles. The van der Waals surface area contributed by atoms with Gasteiger partial charge in [-0.3, -0.25) is 4.79 Å². The van der Waals surface area contributed by atoms with Gasteiger partial charge in [0.2, 0.25) is 5.91 Å². The molecule has 0 saturated carbocycles. The van der Waals surface area contributed by atoms with E-state index < -0.39 is 0 Å². The molecule has 1 unspecified atom stereocenters. The highest BCUT2D eigenvalue weighted by Crippen LogP contribution is 2.29. The summed E-state index contributed by atoms with van der Waals surface area (Å²) in [6.07, 6.45) is 2.07. The highest BCUT2D eigenvalue weighted by molar-refractivity contribution is 8.00. The number of rotatable bonds is 2. The van der Waals surface area contributed by atoms with Crippen LogP contribution in [-0.4, -0.2) is 22.0 Å². The molecule has 0 spiro atoms. The minimum Gasteiger partial charge on any atom is -0.508 e. The summed E-state index contributed by atoms with van der Waals surface area (Å²) in [7, 11) is 0. The number of thioether (sulfide) groups is 1. The van der Waals surface area contributed by atoms with Crippen LogP contribution in [0, 0.1) is 6.92 Å². The minimum absolute atomic E-state index is 0.0520. The van der Waals surface area contributed by atoms with Crippen LogP contribution in [0.2, 0.25) is 0 Å². The Hall–Kier alpha value is -1.16. The molecule has 1 aliphatic rings. The Morgan fingerprint density at radius 2 is 2.38 bits per heavy atom. The van der Waals surface area contributed by atoms with E-state index in [4.69, 9.17) is 0 Å². The molecule has 1 aromatic carbocycles. The molecule has 3 nitrogen and oxygen atoms in total. The molecule has 1 heterocycles. The van der Waals surface area contributed by atoms with Gasteiger partial charge in [0.15, 0.2) is 0 Å². The maximum Gasteiger partial charge on any atom is 0.237 e. The van der Waals surface area contributed by atoms with Crippen LogP contribution in [0.5, 0.6) is 5.75 Å². The molecule has 1 aliphatic heterocycles. The van der Waals surface area contributed by atoms with E-state index in [1.165, 1.54) is 0 Å². The maximum atomic E-state index is 11.9. The fourth-order valence-corrected chi connectivity index (χ4v) is 2.92. The predicted octanol–water partition coefficient (Wildman–Crippen LogP) is 2.53. The lowest BCUT2D eigenvalue weighted by Crippen LogP contribution is -2.23. The van der Waals surface area contributed by atoms with Gasteiger partial charge >= 0.3 is 0 Å². The monoisotopic (exact) mass is 237 g/mol. The molecule has 16 heavy (non-hydrogen) atoms. The number of phenolic OH excluding ortho intramolecular Hbond substituents is 1. The van der Waals surface area contributed by atoms with E-state index in [1.54, 1.807) is 30.8 Å². The van der Waals surface area contributed by atoms with Gasteiger partial charge < -0.3 is 10.4 Å². The van der Waals surface area contributed by atoms with Crippen molar-refractivity contribution < 1.29 is 9.90 Å². The van der Waals surface area contributed by atoms with E-state index in [9.17, 15) is 9.90 Å². The second-order valence-corrected chi connectivity index (χ2v) is 5.25. The largest absolute Gasteiger partial charge is 0.508 e. The van der Waals surface area contributed by atoms with Crippen LogP contribution in [0.25, 0.3) is 0 Å². The lowest BCUT2D eigenvalue weighted by Gasteiger charge is -2.12. The number of benzene rings is 1. The van der Waals surface area contributed by atoms with E-state index in [-0.39, 0.29) is 16.9 Å². The average molecular weight is 237 g/mol. The number of carbonyl (C=O) groups is 1. The topological polar surface area (TPSA) is 49.3 Å². The Bertz CT molecular complexity index is 400. The normalized spacial score (nSPS) is 19.7. The van der Waals surface area contributed by atoms with Crippen molar-refractivity contribution in [2.75, 3.05) is 11.1 Å². The van der Waals surface area contributed by atoms with Gasteiger partial charge in [-0.05, 0) is 37.7 Å². The van der Waals surface area contributed by atoms with Gasteiger partial charge in [0.1, 0.15) is 5.75 Å². The van der Waals surface area contributed by atoms with Crippen LogP contribution < -0.4 is 5.32 Å². The number of aromatic hydroxyl groups is 1. The zero-order valence-electron chi connectivity index (χ0n) is 9.19. The summed E-state index contributed by atoms with van der Waals surface area (Å²) in [5.41, 5.74) is 1.43. The van der Waals surface area contributed by atoms with Crippen molar-refractivity contribution in [2.45, 2.75) is 25.0 Å². The number of amides is 1. The van der Waals surface area contributed by atoms with Gasteiger partial charge in [-0.2, -0.15) is 0 Å². The number of carbonyl (C=O) groups excluding carboxylic acids is 1. The molecule has 0 radical (unpaired) electrons. The lowest BCUT2D eigenvalue weighted by atomic mass is 10.1. The van der Waals surface area contributed by atoms with Crippen LogP contribution in [0.4, 0.5) is 5.69 Å². The van der Waals surface area contributed by atoms with E-state index >= 15 is 0 Å². The first-order valence-corrected chi connectivity index (χ1v) is 6.44. The Labute approximate surface area is 99.2 Å². The molecule has 2 rings (SSSR count). The first kappa shape index (κ1) is 11.3. The zero-order valence-corrected chi connectivity index (χ0v) is 10.0. The number of hydrogen-bond acceptors (Lipinski definition) is 3. The highest BCUT2D eigenvalue weighted by Gasteiger charge is 2.23. The Kier molecular flexibility index (Phi) is 3.39. The zero-order chi connectivity index (χ0) is 11.5. The van der Waals surface area contributed by atoms with Crippen molar-refractivity contribution in [3.63, 3.8) is 0 Å². The fraction of sp³-hybridized carbons (Fsp3) is 0.417. The third-order valence-corrected chi connectivity index (χ3v) is 4.16. The van der Waals surface area contributed by atoms with Gasteiger partial charge in [-0.15, -0.1) is 11.8 Å². The third kappa shape index (κ3) is 2.32. The van der Waals surface area contributed by atoms with E-state index in [0.717, 1.165) is 24.2 Å². The molecule has 2 N–H and O–H groups in total. The van der Waals surface area contributed by atoms with E-state index in [1.807, 2.05) is 6.07 Å². The second kappa shape index (κ2) is 4.78. The van der Waals surface area contributed by atoms with Crippen LogP contribution >= 0.6 is 11.8 Å². The van der Waals surface area contributed by atoms with Crippen LogP contribution in [-0.2, 0) is 4.79 Å². The van der Waals surface area contributed by atoms with Gasteiger partial charge in [0, 0.05) is 11.3 Å². The van der Waals surface area contributed by atoms with Gasteiger partial charge in [-0.25, -0.2) is 0 Å². The standard InChI is InChI=1S/C12H15NO2S/c1-8-9(4-2-5-10(8)14)13-12(15)11-6-3-7-16-11/h2,4-5,11,14H,3,6-7H2,1H3,(H,13,15). The van der Waals surface area contributed by atoms with Crippen molar-refractivity contribution in [2.24, 2.45) is 0 Å². The smallest absolute Gasteiger partial charge is 0.237 e. The van der Waals surface area contributed by atoms with Gasteiger partial charge in [0.25, 0.3) is 0 Å². The lowest BCUT2D eigenvalue weighted by molar-refractivity contribution is -0.115. The summed E-state index contributed by atoms with van der Waals surface area (Å²) in [6.45, 7) is 1.80. The predicted molar refractivity (Wildman–Crippen MR) is 67.0 cm³/mol. The highest BCUT2D eigenvalue weighted by atomic mass is 32.2. The van der Waals surface area contributed by atoms with Crippen molar-refractivity contribution in [3.8, 4) is 5.75 Å². The van der Waals surface area contributed by atoms with Crippen molar-refractivity contribution in [3.05, 3.63) is 23.8 Å². The van der Waals surface area contributed by atoms with Crippen molar-refractivity contribution >= 4 is 23.4 Å². The maximum absolute atomic E-state index is 11.9. The Morgan fingerprint density at radius 1 is 1.56 bits per heavy atom. The molecule has 1 fully saturated rings. The molecule has 86 valence electrons. The molecule has 0 aromatic heterocycles. The number of nitrogens with one attached hydrogen (secondary N) is 1. The Morgan fingerprint density at radius 3 is 3.06 bits per heavy atom. The van der Waals surface area contributed by atoms with Crippen molar-refractivity contribution in [1.29, 1.82) is 0 Å².